The molecule has 2 N–H and O–H groups in total. The first-order chi connectivity index (χ1) is 6.45. The van der Waals surface area contributed by atoms with Gasteiger partial charge in [-0.05, 0) is 17.8 Å². The van der Waals surface area contributed by atoms with E-state index in [1.807, 2.05) is 0 Å². The van der Waals surface area contributed by atoms with E-state index >= 15 is 0 Å². The Labute approximate surface area is 77.7 Å². The molecule has 0 bridgehead atoms. The van der Waals surface area contributed by atoms with E-state index in [0.29, 0.717) is 0 Å². The highest BCUT2D eigenvalue weighted by Crippen LogP contribution is 2.50. The van der Waals surface area contributed by atoms with Crippen molar-refractivity contribution in [2.24, 2.45) is 22.7 Å². The Morgan fingerprint density at radius 2 is 2.31 bits per heavy atom. The van der Waals surface area contributed by atoms with E-state index in [1.54, 1.807) is 0 Å². The maximum absolute atomic E-state index is 5.33. The van der Waals surface area contributed by atoms with Gasteiger partial charge in [-0.2, -0.15) is 0 Å². The third-order valence-electron chi connectivity index (χ3n) is 3.31. The average Bonchev–Trinajstić information content (AvgIpc) is 2.68. The molecule has 0 radical (unpaired) electrons. The lowest BCUT2D eigenvalue weighted by Gasteiger charge is -2.07. The highest BCUT2D eigenvalue weighted by atomic mass is 16.5. The maximum atomic E-state index is 5.33. The quantitative estimate of drug-likeness (QED) is 0.599. The van der Waals surface area contributed by atoms with Gasteiger partial charge >= 0.3 is 0 Å². The first kappa shape index (κ1) is 7.62. The van der Waals surface area contributed by atoms with Crippen LogP contribution in [0.4, 0.5) is 0 Å². The lowest BCUT2D eigenvalue weighted by Crippen LogP contribution is -2.35. The number of rotatable bonds is 2. The summed E-state index contributed by atoms with van der Waals surface area (Å²) in [6.45, 7) is 4.95. The number of aliphatic imine (C=N–C) groups is 1. The standard InChI is InChI=1S/C9H15N3O/c1-2-11-9(10-1)12-3-6-7-4-13-5-8(6)7/h6-8H,1-5H2,(H2,10,11,12). The molecule has 0 spiro atoms. The molecule has 0 amide bonds. The van der Waals surface area contributed by atoms with E-state index in [4.69, 9.17) is 4.74 Å². The zero-order valence-corrected chi connectivity index (χ0v) is 7.62. The van der Waals surface area contributed by atoms with Crippen molar-refractivity contribution >= 4 is 5.96 Å². The summed E-state index contributed by atoms with van der Waals surface area (Å²) in [5, 5.41) is 6.57. The van der Waals surface area contributed by atoms with E-state index in [0.717, 1.165) is 56.6 Å². The number of ether oxygens (including phenoxy) is 1. The number of fused-ring (bicyclic) bond motifs is 1. The maximum Gasteiger partial charge on any atom is 0.191 e. The van der Waals surface area contributed by atoms with Crippen molar-refractivity contribution in [2.45, 2.75) is 0 Å². The van der Waals surface area contributed by atoms with Gasteiger partial charge in [0.15, 0.2) is 5.96 Å². The van der Waals surface area contributed by atoms with E-state index in [9.17, 15) is 0 Å². The molecule has 3 aliphatic rings. The normalized spacial score (nSPS) is 40.9. The fourth-order valence-electron chi connectivity index (χ4n) is 2.39. The van der Waals surface area contributed by atoms with Crippen LogP contribution in [0.3, 0.4) is 0 Å². The van der Waals surface area contributed by atoms with Crippen molar-refractivity contribution < 1.29 is 4.74 Å². The minimum absolute atomic E-state index is 0.842. The fourth-order valence-corrected chi connectivity index (χ4v) is 2.39. The molecule has 1 saturated heterocycles. The summed E-state index contributed by atoms with van der Waals surface area (Å²) in [7, 11) is 0. The zero-order valence-electron chi connectivity index (χ0n) is 7.62. The Morgan fingerprint density at radius 3 is 3.00 bits per heavy atom. The summed E-state index contributed by atoms with van der Waals surface area (Å²) in [6.07, 6.45) is 0. The van der Waals surface area contributed by atoms with Gasteiger partial charge in [-0.25, -0.2) is 0 Å². The Morgan fingerprint density at radius 1 is 1.46 bits per heavy atom. The smallest absolute Gasteiger partial charge is 0.191 e. The summed E-state index contributed by atoms with van der Waals surface area (Å²) in [4.78, 5) is 4.29. The first-order valence-electron chi connectivity index (χ1n) is 5.05. The van der Waals surface area contributed by atoms with Crippen LogP contribution in [0.5, 0.6) is 0 Å². The molecule has 2 unspecified atom stereocenters. The molecule has 3 rings (SSSR count). The molecule has 0 aromatic rings. The molecule has 2 atom stereocenters. The fraction of sp³-hybridized carbons (Fsp3) is 0.889. The Kier molecular flexibility index (Phi) is 1.68. The van der Waals surface area contributed by atoms with E-state index < -0.39 is 0 Å². The number of guanidine groups is 1. The topological polar surface area (TPSA) is 45.6 Å². The zero-order chi connectivity index (χ0) is 8.67. The SMILES string of the molecule is C1CNC(NCC2C3COCC23)=N1. The molecule has 0 aromatic carbocycles. The number of hydrogen-bond donors (Lipinski definition) is 2. The average molecular weight is 181 g/mol. The predicted molar refractivity (Wildman–Crippen MR) is 49.6 cm³/mol. The molecule has 1 saturated carbocycles. The van der Waals surface area contributed by atoms with Crippen LogP contribution in [-0.2, 0) is 4.74 Å². The van der Waals surface area contributed by atoms with Gasteiger partial charge in [-0.3, -0.25) is 4.99 Å². The number of nitrogens with zero attached hydrogens (tertiary/aromatic N) is 1. The van der Waals surface area contributed by atoms with Crippen LogP contribution >= 0.6 is 0 Å². The lowest BCUT2D eigenvalue weighted by molar-refractivity contribution is 0.151. The third-order valence-corrected chi connectivity index (χ3v) is 3.31. The molecular weight excluding hydrogens is 166 g/mol. The van der Waals surface area contributed by atoms with Crippen LogP contribution in [-0.4, -0.2) is 38.8 Å². The van der Waals surface area contributed by atoms with Gasteiger partial charge < -0.3 is 15.4 Å². The van der Waals surface area contributed by atoms with Crippen LogP contribution in [0.25, 0.3) is 0 Å². The largest absolute Gasteiger partial charge is 0.381 e. The van der Waals surface area contributed by atoms with Gasteiger partial charge in [0.25, 0.3) is 0 Å². The molecule has 4 nitrogen and oxygen atoms in total. The van der Waals surface area contributed by atoms with Crippen LogP contribution in [0.2, 0.25) is 0 Å². The molecule has 2 heterocycles. The first-order valence-corrected chi connectivity index (χ1v) is 5.05. The third kappa shape index (κ3) is 1.29. The van der Waals surface area contributed by atoms with Crippen molar-refractivity contribution in [1.82, 2.24) is 10.6 Å². The van der Waals surface area contributed by atoms with Crippen LogP contribution in [0.1, 0.15) is 0 Å². The molecular formula is C9H15N3O. The predicted octanol–water partition coefficient (Wildman–Crippen LogP) is -0.572. The summed E-state index contributed by atoms with van der Waals surface area (Å²) in [6, 6.07) is 0. The monoisotopic (exact) mass is 181 g/mol. The molecule has 4 heteroatoms. The second kappa shape index (κ2) is 2.87. The van der Waals surface area contributed by atoms with Crippen LogP contribution in [0.15, 0.2) is 4.99 Å². The van der Waals surface area contributed by atoms with Crippen molar-refractivity contribution in [1.29, 1.82) is 0 Å². The highest BCUT2D eigenvalue weighted by molar-refractivity contribution is 5.81. The van der Waals surface area contributed by atoms with Crippen LogP contribution < -0.4 is 10.6 Å². The molecule has 0 aromatic heterocycles. The summed E-state index contributed by atoms with van der Waals surface area (Å²) < 4.78 is 5.33. The number of hydrogen-bond acceptors (Lipinski definition) is 4. The van der Waals surface area contributed by atoms with Gasteiger partial charge in [0.1, 0.15) is 0 Å². The van der Waals surface area contributed by atoms with Crippen molar-refractivity contribution in [3.63, 3.8) is 0 Å². The second-order valence-corrected chi connectivity index (χ2v) is 4.07. The molecule has 13 heavy (non-hydrogen) atoms. The number of nitrogens with one attached hydrogen (secondary N) is 2. The van der Waals surface area contributed by atoms with Crippen LogP contribution in [0, 0.1) is 17.8 Å². The minimum Gasteiger partial charge on any atom is -0.381 e. The van der Waals surface area contributed by atoms with Crippen molar-refractivity contribution in [3.8, 4) is 0 Å². The van der Waals surface area contributed by atoms with Gasteiger partial charge in [0.2, 0.25) is 0 Å². The highest BCUT2D eigenvalue weighted by Gasteiger charge is 2.53. The summed E-state index contributed by atoms with van der Waals surface area (Å²) in [5.41, 5.74) is 0. The second-order valence-electron chi connectivity index (χ2n) is 4.07. The molecule has 72 valence electrons. The van der Waals surface area contributed by atoms with E-state index in [1.165, 1.54) is 0 Å². The summed E-state index contributed by atoms with van der Waals surface area (Å²) in [5.74, 6) is 3.52. The van der Waals surface area contributed by atoms with Crippen molar-refractivity contribution in [2.75, 3.05) is 32.8 Å². The van der Waals surface area contributed by atoms with Gasteiger partial charge in [0.05, 0.1) is 19.8 Å². The van der Waals surface area contributed by atoms with Crippen molar-refractivity contribution in [3.05, 3.63) is 0 Å². The van der Waals surface area contributed by atoms with Gasteiger partial charge in [0, 0.05) is 13.1 Å². The van der Waals surface area contributed by atoms with E-state index in [-0.39, 0.29) is 0 Å². The van der Waals surface area contributed by atoms with Gasteiger partial charge in [-0.15, -0.1) is 0 Å². The minimum atomic E-state index is 0.842. The Bertz CT molecular complexity index is 231. The molecule has 2 aliphatic heterocycles. The molecule has 2 fully saturated rings. The Balaban J connectivity index is 1.45. The Hall–Kier alpha value is -0.770. The molecule has 1 aliphatic carbocycles. The van der Waals surface area contributed by atoms with E-state index in [2.05, 4.69) is 15.6 Å². The van der Waals surface area contributed by atoms with Gasteiger partial charge in [-0.1, -0.05) is 0 Å². The lowest BCUT2D eigenvalue weighted by atomic mass is 10.3. The summed E-state index contributed by atoms with van der Waals surface area (Å²) >= 11 is 0.